The summed E-state index contributed by atoms with van der Waals surface area (Å²) in [5.74, 6) is -6.18. The fourth-order valence-electron chi connectivity index (χ4n) is 1.61. The van der Waals surface area contributed by atoms with Gasteiger partial charge in [0.2, 0.25) is 0 Å². The van der Waals surface area contributed by atoms with Crippen LogP contribution >= 0.6 is 11.8 Å². The minimum absolute atomic E-state index is 0.0308. The summed E-state index contributed by atoms with van der Waals surface area (Å²) in [6.07, 6.45) is -3.70. The molecule has 0 bridgehead atoms. The average molecular weight is 354 g/mol. The van der Waals surface area contributed by atoms with Crippen molar-refractivity contribution in [1.82, 2.24) is 4.98 Å². The summed E-state index contributed by atoms with van der Waals surface area (Å²) < 4.78 is 89.7. The van der Waals surface area contributed by atoms with Crippen LogP contribution in [0.2, 0.25) is 0 Å². The predicted octanol–water partition coefficient (Wildman–Crippen LogP) is 5.43. The van der Waals surface area contributed by atoms with Crippen molar-refractivity contribution >= 4 is 11.8 Å². The summed E-state index contributed by atoms with van der Waals surface area (Å²) in [6, 6.07) is 9.04. The van der Waals surface area contributed by atoms with Gasteiger partial charge in [0.15, 0.2) is 0 Å². The molecule has 0 saturated heterocycles. The van der Waals surface area contributed by atoms with Crippen LogP contribution in [0.5, 0.6) is 0 Å². The summed E-state index contributed by atoms with van der Waals surface area (Å²) in [7, 11) is 0. The Hall–Kier alpha value is -1.77. The molecule has 1 aromatic heterocycles. The van der Waals surface area contributed by atoms with Gasteiger partial charge in [0.1, 0.15) is 0 Å². The highest BCUT2D eigenvalue weighted by Gasteiger charge is 2.73. The van der Waals surface area contributed by atoms with Crippen molar-refractivity contribution in [1.29, 1.82) is 0 Å². The third-order valence-electron chi connectivity index (χ3n) is 2.74. The van der Waals surface area contributed by atoms with Crippen LogP contribution in [0.25, 0.3) is 11.1 Å². The number of aromatic nitrogens is 1. The number of rotatable bonds is 4. The third-order valence-corrected chi connectivity index (χ3v) is 3.80. The van der Waals surface area contributed by atoms with Crippen molar-refractivity contribution in [3.63, 3.8) is 0 Å². The second-order valence-corrected chi connectivity index (χ2v) is 5.47. The summed E-state index contributed by atoms with van der Waals surface area (Å²) in [5, 5.41) is -5.39. The van der Waals surface area contributed by atoms with E-state index in [1.807, 2.05) is 0 Å². The molecule has 9 heteroatoms. The first-order valence-corrected chi connectivity index (χ1v) is 6.80. The quantitative estimate of drug-likeness (QED) is 0.536. The van der Waals surface area contributed by atoms with Crippen LogP contribution < -0.4 is 0 Å². The Bertz CT molecular complexity index is 670. The summed E-state index contributed by atoms with van der Waals surface area (Å²) in [4.78, 5) is 3.21. The number of hydrogen-bond acceptors (Lipinski definition) is 2. The second-order valence-electron chi connectivity index (χ2n) is 4.35. The molecule has 0 aliphatic heterocycles. The maximum Gasteiger partial charge on any atom is 0.460 e. The molecular weight excluding hydrogens is 347 g/mol. The van der Waals surface area contributed by atoms with Crippen molar-refractivity contribution in [2.75, 3.05) is 0 Å². The summed E-state index contributed by atoms with van der Waals surface area (Å²) in [6.45, 7) is 0. The van der Waals surface area contributed by atoms with E-state index in [1.165, 1.54) is 36.7 Å². The van der Waals surface area contributed by atoms with Gasteiger partial charge in [0, 0.05) is 22.9 Å². The van der Waals surface area contributed by atoms with E-state index in [1.54, 1.807) is 0 Å². The molecule has 0 spiro atoms. The zero-order chi connectivity index (χ0) is 17.3. The minimum atomic E-state index is -6.37. The molecule has 0 amide bonds. The lowest BCUT2D eigenvalue weighted by Crippen LogP contribution is -2.49. The topological polar surface area (TPSA) is 12.9 Å². The Balaban J connectivity index is 2.42. The fourth-order valence-corrected chi connectivity index (χ4v) is 2.54. The largest absolute Gasteiger partial charge is 0.460 e. The molecule has 1 radical (unpaired) electrons. The molecular formula is C14H7F7NS. The Morgan fingerprint density at radius 2 is 1.65 bits per heavy atom. The maximum atomic E-state index is 13.5. The van der Waals surface area contributed by atoms with Gasteiger partial charge in [-0.15, -0.1) is 0 Å². The molecule has 123 valence electrons. The standard InChI is InChI=1S/C14H7F7NS/c15-12(16,13(17,18)19)14(20,21)23-11-6-2-1-5-10(11)9-4-3-7-22-8-9/h1-5,7-8H. The third kappa shape index (κ3) is 3.44. The number of thioether (sulfide) groups is 1. The van der Waals surface area contributed by atoms with Crippen molar-refractivity contribution in [3.8, 4) is 11.1 Å². The van der Waals surface area contributed by atoms with Gasteiger partial charge in [-0.1, -0.05) is 24.3 Å². The predicted molar refractivity (Wildman–Crippen MR) is 70.3 cm³/mol. The molecule has 0 N–H and O–H groups in total. The maximum absolute atomic E-state index is 13.5. The smallest absolute Gasteiger partial charge is 0.264 e. The lowest BCUT2D eigenvalue weighted by Gasteiger charge is -2.27. The van der Waals surface area contributed by atoms with Crippen LogP contribution in [0.15, 0.2) is 47.6 Å². The first-order chi connectivity index (χ1) is 10.6. The molecule has 2 rings (SSSR count). The number of hydrogen-bond donors (Lipinski definition) is 0. The fraction of sp³-hybridized carbons (Fsp3) is 0.214. The molecule has 1 aromatic carbocycles. The van der Waals surface area contributed by atoms with Gasteiger partial charge in [-0.3, -0.25) is 4.98 Å². The molecule has 0 aliphatic rings. The summed E-state index contributed by atoms with van der Waals surface area (Å²) >= 11 is -0.886. The first kappa shape index (κ1) is 17.6. The SMILES string of the molecule is FC(F)(F)C(F)(F)C(F)(F)Sc1[c]cccc1-c1cccnc1. The second kappa shape index (κ2) is 6.03. The van der Waals surface area contributed by atoms with Gasteiger partial charge >= 0.3 is 17.4 Å². The molecule has 0 unspecified atom stereocenters. The van der Waals surface area contributed by atoms with Crippen LogP contribution in [-0.2, 0) is 0 Å². The van der Waals surface area contributed by atoms with Gasteiger partial charge in [-0.05, 0) is 29.5 Å². The minimum Gasteiger partial charge on any atom is -0.264 e. The molecule has 23 heavy (non-hydrogen) atoms. The zero-order valence-corrected chi connectivity index (χ0v) is 11.9. The van der Waals surface area contributed by atoms with Crippen molar-refractivity contribution < 1.29 is 30.7 Å². The molecule has 0 atom stereocenters. The summed E-state index contributed by atoms with van der Waals surface area (Å²) in [5.41, 5.74) is 0.321. The molecule has 0 saturated carbocycles. The lowest BCUT2D eigenvalue weighted by atomic mass is 10.1. The van der Waals surface area contributed by atoms with Crippen LogP contribution in [0, 0.1) is 6.07 Å². The van der Waals surface area contributed by atoms with E-state index in [0.717, 1.165) is 6.07 Å². The van der Waals surface area contributed by atoms with E-state index in [2.05, 4.69) is 11.1 Å². The Morgan fingerprint density at radius 1 is 0.957 bits per heavy atom. The van der Waals surface area contributed by atoms with Crippen LogP contribution in [0.4, 0.5) is 30.7 Å². The van der Waals surface area contributed by atoms with Gasteiger partial charge in [0.25, 0.3) is 0 Å². The number of pyridine rings is 1. The highest BCUT2D eigenvalue weighted by Crippen LogP contribution is 2.54. The Kier molecular flexibility index (Phi) is 4.61. The monoisotopic (exact) mass is 354 g/mol. The van der Waals surface area contributed by atoms with Crippen molar-refractivity contribution in [2.45, 2.75) is 22.2 Å². The van der Waals surface area contributed by atoms with E-state index in [-0.39, 0.29) is 11.1 Å². The van der Waals surface area contributed by atoms with E-state index in [9.17, 15) is 30.7 Å². The highest BCUT2D eigenvalue weighted by molar-refractivity contribution is 8.00. The molecule has 1 nitrogen and oxygen atoms in total. The van der Waals surface area contributed by atoms with Gasteiger partial charge in [0.05, 0.1) is 0 Å². The normalized spacial score (nSPS) is 13.2. The lowest BCUT2D eigenvalue weighted by molar-refractivity contribution is -0.330. The number of nitrogens with zero attached hydrogens (tertiary/aromatic N) is 1. The van der Waals surface area contributed by atoms with Crippen LogP contribution in [0.3, 0.4) is 0 Å². The highest BCUT2D eigenvalue weighted by atomic mass is 32.2. The Morgan fingerprint density at radius 3 is 2.22 bits per heavy atom. The Labute approximate surface area is 130 Å². The van der Waals surface area contributed by atoms with Crippen molar-refractivity contribution in [2.24, 2.45) is 0 Å². The first-order valence-electron chi connectivity index (χ1n) is 5.99. The molecule has 0 fully saturated rings. The van der Waals surface area contributed by atoms with Gasteiger partial charge in [-0.2, -0.15) is 30.7 Å². The molecule has 2 aromatic rings. The van der Waals surface area contributed by atoms with E-state index >= 15 is 0 Å². The number of alkyl halides is 7. The van der Waals surface area contributed by atoms with E-state index in [0.29, 0.717) is 0 Å². The molecule has 1 heterocycles. The van der Waals surface area contributed by atoms with Crippen LogP contribution in [0.1, 0.15) is 0 Å². The van der Waals surface area contributed by atoms with Gasteiger partial charge < -0.3 is 0 Å². The molecule has 0 aliphatic carbocycles. The zero-order valence-electron chi connectivity index (χ0n) is 11.0. The van der Waals surface area contributed by atoms with E-state index in [4.69, 9.17) is 0 Å². The van der Waals surface area contributed by atoms with Crippen LogP contribution in [-0.4, -0.2) is 22.3 Å². The van der Waals surface area contributed by atoms with E-state index < -0.39 is 34.0 Å². The number of benzene rings is 1. The number of halogens is 7. The van der Waals surface area contributed by atoms with Gasteiger partial charge in [-0.25, -0.2) is 0 Å². The average Bonchev–Trinajstić information content (AvgIpc) is 2.47. The van der Waals surface area contributed by atoms with Crippen molar-refractivity contribution in [3.05, 3.63) is 48.8 Å².